The van der Waals surface area contributed by atoms with E-state index in [0.29, 0.717) is 23.0 Å². The molecule has 2 rings (SSSR count). The van der Waals surface area contributed by atoms with E-state index >= 15 is 0 Å². The highest BCUT2D eigenvalue weighted by atomic mass is 35.5. The molecule has 0 spiro atoms. The van der Waals surface area contributed by atoms with Crippen molar-refractivity contribution in [1.82, 2.24) is 0 Å². The Morgan fingerprint density at radius 1 is 1.08 bits per heavy atom. The molecule has 2 aromatic rings. The van der Waals surface area contributed by atoms with Gasteiger partial charge in [0.2, 0.25) is 0 Å². The van der Waals surface area contributed by atoms with Crippen LogP contribution in [0.5, 0.6) is 0 Å². The van der Waals surface area contributed by atoms with Gasteiger partial charge in [-0.2, -0.15) is 0 Å². The standard InChI is InChI=1S/C18H21ClN2O4S/c1-2-3-6-13-25-18(22)20-14-9-11-15(12-10-14)26(23,24)21-17-8-5-4-7-16(17)19/h4-5,7-12,21H,2-3,6,13H2,1H3,(H,20,22). The van der Waals surface area contributed by atoms with Crippen LogP contribution in [0, 0.1) is 0 Å². The van der Waals surface area contributed by atoms with E-state index in [1.807, 2.05) is 0 Å². The van der Waals surface area contributed by atoms with Crippen molar-refractivity contribution < 1.29 is 17.9 Å². The van der Waals surface area contributed by atoms with Crippen molar-refractivity contribution in [3.63, 3.8) is 0 Å². The van der Waals surface area contributed by atoms with Gasteiger partial charge in [0.25, 0.3) is 10.0 Å². The molecule has 0 unspecified atom stereocenters. The van der Waals surface area contributed by atoms with Crippen LogP contribution in [0.25, 0.3) is 0 Å². The molecule has 0 bridgehead atoms. The molecular weight excluding hydrogens is 376 g/mol. The van der Waals surface area contributed by atoms with Gasteiger partial charge < -0.3 is 4.74 Å². The van der Waals surface area contributed by atoms with Crippen LogP contribution in [0.2, 0.25) is 5.02 Å². The first kappa shape index (κ1) is 20.1. The average Bonchev–Trinajstić information content (AvgIpc) is 2.61. The van der Waals surface area contributed by atoms with Crippen molar-refractivity contribution in [3.05, 3.63) is 53.6 Å². The van der Waals surface area contributed by atoms with Crippen LogP contribution in [0.3, 0.4) is 0 Å². The maximum atomic E-state index is 12.4. The largest absolute Gasteiger partial charge is 0.449 e. The van der Waals surface area contributed by atoms with Crippen molar-refractivity contribution in [2.75, 3.05) is 16.6 Å². The van der Waals surface area contributed by atoms with Crippen molar-refractivity contribution in [2.24, 2.45) is 0 Å². The van der Waals surface area contributed by atoms with E-state index in [9.17, 15) is 13.2 Å². The summed E-state index contributed by atoms with van der Waals surface area (Å²) in [6.45, 7) is 2.42. The van der Waals surface area contributed by atoms with Gasteiger partial charge in [-0.05, 0) is 42.8 Å². The molecule has 2 N–H and O–H groups in total. The van der Waals surface area contributed by atoms with Crippen LogP contribution in [0.1, 0.15) is 26.2 Å². The minimum absolute atomic E-state index is 0.0549. The maximum Gasteiger partial charge on any atom is 0.411 e. The number of hydrogen-bond acceptors (Lipinski definition) is 4. The van der Waals surface area contributed by atoms with Crippen LogP contribution >= 0.6 is 11.6 Å². The molecule has 0 heterocycles. The first-order valence-electron chi connectivity index (χ1n) is 8.23. The summed E-state index contributed by atoms with van der Waals surface area (Å²) in [5.41, 5.74) is 0.745. The minimum Gasteiger partial charge on any atom is -0.449 e. The molecule has 0 atom stereocenters. The first-order valence-corrected chi connectivity index (χ1v) is 10.1. The van der Waals surface area contributed by atoms with Gasteiger partial charge >= 0.3 is 6.09 Å². The third-order valence-electron chi connectivity index (χ3n) is 3.51. The van der Waals surface area contributed by atoms with Gasteiger partial charge in [-0.15, -0.1) is 0 Å². The van der Waals surface area contributed by atoms with Gasteiger partial charge in [0.15, 0.2) is 0 Å². The Morgan fingerprint density at radius 2 is 1.77 bits per heavy atom. The predicted molar refractivity (Wildman–Crippen MR) is 103 cm³/mol. The van der Waals surface area contributed by atoms with Crippen LogP contribution in [0.4, 0.5) is 16.2 Å². The third-order valence-corrected chi connectivity index (χ3v) is 5.22. The summed E-state index contributed by atoms with van der Waals surface area (Å²) in [5, 5.41) is 2.86. The number of carbonyl (C=O) groups excluding carboxylic acids is 1. The molecule has 1 amide bonds. The number of unbranched alkanes of at least 4 members (excludes halogenated alkanes) is 2. The first-order chi connectivity index (χ1) is 12.4. The monoisotopic (exact) mass is 396 g/mol. The Morgan fingerprint density at radius 3 is 2.42 bits per heavy atom. The lowest BCUT2D eigenvalue weighted by Gasteiger charge is -2.10. The van der Waals surface area contributed by atoms with E-state index < -0.39 is 16.1 Å². The number of benzene rings is 2. The van der Waals surface area contributed by atoms with Crippen LogP contribution < -0.4 is 10.0 Å². The fourth-order valence-corrected chi connectivity index (χ4v) is 3.45. The topological polar surface area (TPSA) is 84.5 Å². The SMILES string of the molecule is CCCCCOC(=O)Nc1ccc(S(=O)(=O)Nc2ccccc2Cl)cc1. The summed E-state index contributed by atoms with van der Waals surface area (Å²) < 4.78 is 32.3. The summed E-state index contributed by atoms with van der Waals surface area (Å²) in [4.78, 5) is 11.7. The molecule has 0 radical (unpaired) electrons. The Balaban J connectivity index is 1.97. The number of rotatable bonds is 8. The van der Waals surface area contributed by atoms with Crippen molar-refractivity contribution in [3.8, 4) is 0 Å². The molecule has 26 heavy (non-hydrogen) atoms. The quantitative estimate of drug-likeness (QED) is 0.623. The van der Waals surface area contributed by atoms with Gasteiger partial charge in [0.05, 0.1) is 22.2 Å². The lowest BCUT2D eigenvalue weighted by Crippen LogP contribution is -2.15. The molecule has 0 aliphatic heterocycles. The normalized spacial score (nSPS) is 11.0. The lowest BCUT2D eigenvalue weighted by atomic mass is 10.3. The second kappa shape index (κ2) is 9.45. The number of amides is 1. The van der Waals surface area contributed by atoms with E-state index in [1.54, 1.807) is 24.3 Å². The summed E-state index contributed by atoms with van der Waals surface area (Å²) in [6, 6.07) is 12.3. The van der Waals surface area contributed by atoms with E-state index in [0.717, 1.165) is 19.3 Å². The minimum atomic E-state index is -3.78. The highest BCUT2D eigenvalue weighted by molar-refractivity contribution is 7.92. The lowest BCUT2D eigenvalue weighted by molar-refractivity contribution is 0.159. The Labute approximate surface area is 158 Å². The van der Waals surface area contributed by atoms with Gasteiger partial charge in [-0.1, -0.05) is 43.5 Å². The number of anilines is 2. The van der Waals surface area contributed by atoms with Crippen LogP contribution in [-0.2, 0) is 14.8 Å². The van der Waals surface area contributed by atoms with Crippen molar-refractivity contribution in [2.45, 2.75) is 31.1 Å². The molecule has 0 fully saturated rings. The Kier molecular flexibility index (Phi) is 7.29. The van der Waals surface area contributed by atoms with E-state index in [-0.39, 0.29) is 4.90 Å². The van der Waals surface area contributed by atoms with Gasteiger partial charge in [0.1, 0.15) is 0 Å². The predicted octanol–water partition coefficient (Wildman–Crippen LogP) is 4.88. The highest BCUT2D eigenvalue weighted by Gasteiger charge is 2.15. The van der Waals surface area contributed by atoms with Crippen molar-refractivity contribution in [1.29, 1.82) is 0 Å². The molecular formula is C18H21ClN2O4S. The number of sulfonamides is 1. The summed E-state index contributed by atoms with van der Waals surface area (Å²) in [6.07, 6.45) is 2.29. The van der Waals surface area contributed by atoms with Crippen LogP contribution in [-0.4, -0.2) is 21.1 Å². The second-order valence-electron chi connectivity index (χ2n) is 5.58. The van der Waals surface area contributed by atoms with Gasteiger partial charge in [-0.25, -0.2) is 13.2 Å². The molecule has 6 nitrogen and oxygen atoms in total. The zero-order chi connectivity index (χ0) is 19.0. The van der Waals surface area contributed by atoms with Crippen molar-refractivity contribution >= 4 is 39.1 Å². The zero-order valence-corrected chi connectivity index (χ0v) is 15.9. The molecule has 2 aromatic carbocycles. The zero-order valence-electron chi connectivity index (χ0n) is 14.4. The number of ether oxygens (including phenoxy) is 1. The second-order valence-corrected chi connectivity index (χ2v) is 7.67. The summed E-state index contributed by atoms with van der Waals surface area (Å²) >= 11 is 5.97. The van der Waals surface area contributed by atoms with E-state index in [4.69, 9.17) is 16.3 Å². The number of hydrogen-bond donors (Lipinski definition) is 2. The van der Waals surface area contributed by atoms with E-state index in [2.05, 4.69) is 17.0 Å². The maximum absolute atomic E-state index is 12.4. The molecule has 8 heteroatoms. The molecule has 0 saturated heterocycles. The molecule has 0 aliphatic rings. The number of halogens is 1. The number of nitrogens with one attached hydrogen (secondary N) is 2. The number of carbonyl (C=O) groups is 1. The third kappa shape index (κ3) is 5.93. The highest BCUT2D eigenvalue weighted by Crippen LogP contribution is 2.24. The average molecular weight is 397 g/mol. The fraction of sp³-hybridized carbons (Fsp3) is 0.278. The van der Waals surface area contributed by atoms with E-state index in [1.165, 1.54) is 24.3 Å². The molecule has 140 valence electrons. The van der Waals surface area contributed by atoms with Crippen LogP contribution in [0.15, 0.2) is 53.4 Å². The molecule has 0 saturated carbocycles. The number of para-hydroxylation sites is 1. The molecule has 0 aliphatic carbocycles. The molecule has 0 aromatic heterocycles. The van der Waals surface area contributed by atoms with Gasteiger partial charge in [-0.3, -0.25) is 10.0 Å². The smallest absolute Gasteiger partial charge is 0.411 e. The Bertz CT molecular complexity index is 839. The van der Waals surface area contributed by atoms with Gasteiger partial charge in [0, 0.05) is 5.69 Å². The Hall–Kier alpha value is -2.25. The fourth-order valence-electron chi connectivity index (χ4n) is 2.14. The summed E-state index contributed by atoms with van der Waals surface area (Å²) in [7, 11) is -3.78. The summed E-state index contributed by atoms with van der Waals surface area (Å²) in [5.74, 6) is 0.